The maximum absolute atomic E-state index is 12.4. The van der Waals surface area contributed by atoms with E-state index in [4.69, 9.17) is 0 Å². The maximum Gasteiger partial charge on any atom is 0.272 e. The summed E-state index contributed by atoms with van der Waals surface area (Å²) in [7, 11) is 3.93. The first-order valence-corrected chi connectivity index (χ1v) is 8.03. The fourth-order valence-electron chi connectivity index (χ4n) is 2.67. The minimum atomic E-state index is -0.0191. The molecule has 0 radical (unpaired) electrons. The fraction of sp³-hybridized carbons (Fsp3) is 0.412. The van der Waals surface area contributed by atoms with Gasteiger partial charge >= 0.3 is 0 Å². The number of aryl methyl sites for hydroxylation is 1. The zero-order chi connectivity index (χ0) is 17.1. The number of hydrogen-bond acceptors (Lipinski definition) is 6. The molecule has 0 unspecified atom stereocenters. The number of aromatic nitrogens is 3. The van der Waals surface area contributed by atoms with Crippen molar-refractivity contribution in [2.45, 2.75) is 6.92 Å². The molecular formula is C17H22N6O. The molecule has 0 bridgehead atoms. The van der Waals surface area contributed by atoms with E-state index in [1.807, 2.05) is 49.0 Å². The molecule has 0 N–H and O–H groups in total. The molecule has 1 aliphatic rings. The van der Waals surface area contributed by atoms with Crippen molar-refractivity contribution in [3.8, 4) is 0 Å². The number of nitrogens with zero attached hydrogens (tertiary/aromatic N) is 6. The van der Waals surface area contributed by atoms with Crippen molar-refractivity contribution in [2.24, 2.45) is 0 Å². The van der Waals surface area contributed by atoms with E-state index in [2.05, 4.69) is 19.9 Å². The highest BCUT2D eigenvalue weighted by atomic mass is 16.2. The normalized spacial score (nSPS) is 14.6. The molecular weight excluding hydrogens is 304 g/mol. The molecule has 1 amide bonds. The van der Waals surface area contributed by atoms with Crippen LogP contribution in [0.4, 0.5) is 11.8 Å². The fourth-order valence-corrected chi connectivity index (χ4v) is 2.67. The lowest BCUT2D eigenvalue weighted by atomic mass is 10.2. The van der Waals surface area contributed by atoms with Crippen LogP contribution in [0.5, 0.6) is 0 Å². The van der Waals surface area contributed by atoms with Gasteiger partial charge < -0.3 is 14.7 Å². The van der Waals surface area contributed by atoms with Gasteiger partial charge in [0.2, 0.25) is 5.95 Å². The summed E-state index contributed by atoms with van der Waals surface area (Å²) in [6.45, 7) is 4.69. The maximum atomic E-state index is 12.4. The zero-order valence-electron chi connectivity index (χ0n) is 14.3. The summed E-state index contributed by atoms with van der Waals surface area (Å²) in [6, 6.07) is 7.36. The molecule has 2 aromatic rings. The molecule has 0 aromatic carbocycles. The molecule has 0 atom stereocenters. The second-order valence-electron chi connectivity index (χ2n) is 6.06. The van der Waals surface area contributed by atoms with Crippen molar-refractivity contribution in [3.63, 3.8) is 0 Å². The Labute approximate surface area is 142 Å². The Kier molecular flexibility index (Phi) is 4.59. The molecule has 1 saturated heterocycles. The molecule has 1 fully saturated rings. The van der Waals surface area contributed by atoms with Gasteiger partial charge in [-0.1, -0.05) is 6.07 Å². The molecule has 3 rings (SSSR count). The molecule has 0 spiro atoms. The SMILES string of the molecule is Cc1cc(N(C)C)nc(N2CCN(C(=O)c3ccccn3)CC2)n1. The summed E-state index contributed by atoms with van der Waals surface area (Å²) in [5.74, 6) is 1.60. The Bertz CT molecular complexity index is 710. The van der Waals surface area contributed by atoms with Gasteiger partial charge in [0.05, 0.1) is 0 Å². The molecule has 24 heavy (non-hydrogen) atoms. The number of piperazine rings is 1. The third-order valence-electron chi connectivity index (χ3n) is 4.02. The van der Waals surface area contributed by atoms with E-state index in [0.717, 1.165) is 30.5 Å². The highest BCUT2D eigenvalue weighted by Gasteiger charge is 2.24. The first-order chi connectivity index (χ1) is 11.5. The second-order valence-corrected chi connectivity index (χ2v) is 6.06. The number of carbonyl (C=O) groups excluding carboxylic acids is 1. The molecule has 2 aromatic heterocycles. The van der Waals surface area contributed by atoms with Gasteiger partial charge in [0.15, 0.2) is 0 Å². The number of hydrogen-bond donors (Lipinski definition) is 0. The van der Waals surface area contributed by atoms with Crippen LogP contribution in [0.25, 0.3) is 0 Å². The number of pyridine rings is 1. The molecule has 0 saturated carbocycles. The van der Waals surface area contributed by atoms with Gasteiger partial charge in [-0.3, -0.25) is 9.78 Å². The second kappa shape index (κ2) is 6.82. The first kappa shape index (κ1) is 16.2. The topological polar surface area (TPSA) is 65.5 Å². The van der Waals surface area contributed by atoms with Crippen molar-refractivity contribution >= 4 is 17.7 Å². The predicted molar refractivity (Wildman–Crippen MR) is 93.4 cm³/mol. The van der Waals surface area contributed by atoms with Crippen molar-refractivity contribution in [3.05, 3.63) is 41.9 Å². The summed E-state index contributed by atoms with van der Waals surface area (Å²) >= 11 is 0. The summed E-state index contributed by atoms with van der Waals surface area (Å²) in [4.78, 5) is 31.7. The quantitative estimate of drug-likeness (QED) is 0.845. The summed E-state index contributed by atoms with van der Waals surface area (Å²) in [6.07, 6.45) is 1.65. The van der Waals surface area contributed by atoms with Crippen molar-refractivity contribution in [2.75, 3.05) is 50.1 Å². The first-order valence-electron chi connectivity index (χ1n) is 8.03. The standard InChI is InChI=1S/C17H22N6O/c1-13-12-15(21(2)3)20-17(19-13)23-10-8-22(9-11-23)16(24)14-6-4-5-7-18-14/h4-7,12H,8-11H2,1-3H3. The smallest absolute Gasteiger partial charge is 0.272 e. The van der Waals surface area contributed by atoms with Gasteiger partial charge in [-0.25, -0.2) is 4.98 Å². The van der Waals surface area contributed by atoms with E-state index in [1.165, 1.54) is 0 Å². The number of rotatable bonds is 3. The van der Waals surface area contributed by atoms with Crippen LogP contribution in [0, 0.1) is 6.92 Å². The van der Waals surface area contributed by atoms with Crippen LogP contribution in [-0.4, -0.2) is 66.0 Å². The van der Waals surface area contributed by atoms with Gasteiger partial charge in [-0.15, -0.1) is 0 Å². The lowest BCUT2D eigenvalue weighted by Gasteiger charge is -2.34. The molecule has 126 valence electrons. The Balaban J connectivity index is 1.68. The highest BCUT2D eigenvalue weighted by Crippen LogP contribution is 2.17. The third kappa shape index (κ3) is 3.45. The van der Waals surface area contributed by atoms with E-state index in [-0.39, 0.29) is 5.91 Å². The molecule has 7 heteroatoms. The van der Waals surface area contributed by atoms with Crippen molar-refractivity contribution < 1.29 is 4.79 Å². The van der Waals surface area contributed by atoms with Gasteiger partial charge in [-0.2, -0.15) is 4.98 Å². The Morgan fingerprint density at radius 2 is 1.88 bits per heavy atom. The summed E-state index contributed by atoms with van der Waals surface area (Å²) in [5.41, 5.74) is 1.43. The highest BCUT2D eigenvalue weighted by molar-refractivity contribution is 5.92. The minimum Gasteiger partial charge on any atom is -0.363 e. The van der Waals surface area contributed by atoms with E-state index in [9.17, 15) is 4.79 Å². The summed E-state index contributed by atoms with van der Waals surface area (Å²) < 4.78 is 0. The number of anilines is 2. The van der Waals surface area contributed by atoms with Crippen LogP contribution in [0.3, 0.4) is 0 Å². The van der Waals surface area contributed by atoms with Crippen LogP contribution in [-0.2, 0) is 0 Å². The lowest BCUT2D eigenvalue weighted by Crippen LogP contribution is -2.49. The van der Waals surface area contributed by atoms with Gasteiger partial charge in [-0.05, 0) is 19.1 Å². The third-order valence-corrected chi connectivity index (χ3v) is 4.02. The van der Waals surface area contributed by atoms with Crippen molar-refractivity contribution in [1.29, 1.82) is 0 Å². The van der Waals surface area contributed by atoms with Crippen LogP contribution in [0.2, 0.25) is 0 Å². The zero-order valence-corrected chi connectivity index (χ0v) is 14.3. The lowest BCUT2D eigenvalue weighted by molar-refractivity contribution is 0.0740. The Morgan fingerprint density at radius 1 is 1.12 bits per heavy atom. The Hall–Kier alpha value is -2.70. The molecule has 7 nitrogen and oxygen atoms in total. The van der Waals surface area contributed by atoms with Crippen LogP contribution in [0.15, 0.2) is 30.5 Å². The number of carbonyl (C=O) groups is 1. The largest absolute Gasteiger partial charge is 0.363 e. The van der Waals surface area contributed by atoms with E-state index >= 15 is 0 Å². The molecule has 3 heterocycles. The van der Waals surface area contributed by atoms with Crippen LogP contribution < -0.4 is 9.80 Å². The van der Waals surface area contributed by atoms with E-state index in [0.29, 0.717) is 18.8 Å². The summed E-state index contributed by atoms with van der Waals surface area (Å²) in [5, 5.41) is 0. The van der Waals surface area contributed by atoms with E-state index in [1.54, 1.807) is 12.3 Å². The average molecular weight is 326 g/mol. The van der Waals surface area contributed by atoms with Gasteiger partial charge in [0.1, 0.15) is 11.5 Å². The molecule has 0 aliphatic carbocycles. The predicted octanol–water partition coefficient (Wildman–Crippen LogP) is 1.21. The van der Waals surface area contributed by atoms with Crippen LogP contribution >= 0.6 is 0 Å². The minimum absolute atomic E-state index is 0.0191. The Morgan fingerprint density at radius 3 is 2.50 bits per heavy atom. The van der Waals surface area contributed by atoms with Gasteiger partial charge in [0, 0.05) is 58.2 Å². The monoisotopic (exact) mass is 326 g/mol. The van der Waals surface area contributed by atoms with Crippen LogP contribution in [0.1, 0.15) is 16.2 Å². The van der Waals surface area contributed by atoms with Crippen molar-refractivity contribution in [1.82, 2.24) is 19.9 Å². The molecule has 1 aliphatic heterocycles. The van der Waals surface area contributed by atoms with Gasteiger partial charge in [0.25, 0.3) is 5.91 Å². The number of amides is 1. The van der Waals surface area contributed by atoms with E-state index < -0.39 is 0 Å². The average Bonchev–Trinajstić information content (AvgIpc) is 2.61.